The van der Waals surface area contributed by atoms with E-state index in [0.717, 1.165) is 0 Å². The molecule has 1 atom stereocenters. The van der Waals surface area contributed by atoms with E-state index in [1.54, 1.807) is 0 Å². The quantitative estimate of drug-likeness (QED) is 0.655. The van der Waals surface area contributed by atoms with E-state index >= 15 is 0 Å². The molecule has 1 saturated heterocycles. The Balaban J connectivity index is 2.34. The van der Waals surface area contributed by atoms with E-state index in [-0.39, 0.29) is 28.4 Å². The topological polar surface area (TPSA) is 73.6 Å². The summed E-state index contributed by atoms with van der Waals surface area (Å²) in [6.07, 6.45) is 0. The molecule has 3 N–H and O–H groups in total. The van der Waals surface area contributed by atoms with E-state index in [1.807, 2.05) is 13.8 Å². The number of anilines is 2. The van der Waals surface area contributed by atoms with Crippen molar-refractivity contribution in [3.63, 3.8) is 0 Å². The van der Waals surface area contributed by atoms with Crippen LogP contribution < -0.4 is 11.1 Å². The lowest BCUT2D eigenvalue weighted by Crippen LogP contribution is -2.35. The summed E-state index contributed by atoms with van der Waals surface area (Å²) >= 11 is 0. The summed E-state index contributed by atoms with van der Waals surface area (Å²) in [5, 5.41) is 3.05. The fourth-order valence-corrected chi connectivity index (χ4v) is 2.18. The van der Waals surface area contributed by atoms with Crippen molar-refractivity contribution in [2.75, 3.05) is 31.4 Å². The molecule has 0 aromatic heterocycles. The van der Waals surface area contributed by atoms with Gasteiger partial charge < -0.3 is 20.5 Å². The monoisotopic (exact) mass is 282 g/mol. The minimum atomic E-state index is -0.729. The molecule has 0 amide bonds. The highest BCUT2D eigenvalue weighted by molar-refractivity contribution is 5.92. The number of carbonyl (C=O) groups is 1. The van der Waals surface area contributed by atoms with Gasteiger partial charge in [-0.1, -0.05) is 13.8 Å². The van der Waals surface area contributed by atoms with Gasteiger partial charge in [0.15, 0.2) is 5.82 Å². The fourth-order valence-electron chi connectivity index (χ4n) is 2.18. The van der Waals surface area contributed by atoms with Crippen LogP contribution in [0.3, 0.4) is 0 Å². The van der Waals surface area contributed by atoms with Gasteiger partial charge in [0, 0.05) is 5.41 Å². The standard InChI is InChI=1S/C14H19FN2O3/c1-14(2)7-20-6-10(14)17-12-9(16)5-4-8(11(12)15)13(18)19-3/h4-5,10,17H,6-7,16H2,1-3H3. The van der Waals surface area contributed by atoms with E-state index in [1.165, 1.54) is 19.2 Å². The second-order valence-corrected chi connectivity index (χ2v) is 5.58. The lowest BCUT2D eigenvalue weighted by atomic mass is 9.87. The average Bonchev–Trinajstić information content (AvgIpc) is 2.72. The molecule has 0 bridgehead atoms. The van der Waals surface area contributed by atoms with Gasteiger partial charge in [0.25, 0.3) is 0 Å². The maximum absolute atomic E-state index is 14.4. The summed E-state index contributed by atoms with van der Waals surface area (Å²) in [7, 11) is 1.21. The second-order valence-electron chi connectivity index (χ2n) is 5.58. The number of methoxy groups -OCH3 is 1. The number of carbonyl (C=O) groups excluding carboxylic acids is 1. The van der Waals surface area contributed by atoms with Gasteiger partial charge in [-0.25, -0.2) is 9.18 Å². The highest BCUT2D eigenvalue weighted by atomic mass is 19.1. The van der Waals surface area contributed by atoms with Crippen LogP contribution in [0.15, 0.2) is 12.1 Å². The molecule has 2 rings (SSSR count). The zero-order valence-electron chi connectivity index (χ0n) is 11.8. The molecule has 110 valence electrons. The minimum Gasteiger partial charge on any atom is -0.465 e. The van der Waals surface area contributed by atoms with E-state index in [0.29, 0.717) is 13.2 Å². The first-order valence-electron chi connectivity index (χ1n) is 6.37. The van der Waals surface area contributed by atoms with Crippen LogP contribution in [0.5, 0.6) is 0 Å². The van der Waals surface area contributed by atoms with Crippen LogP contribution in [0.25, 0.3) is 0 Å². The zero-order chi connectivity index (χ0) is 14.9. The van der Waals surface area contributed by atoms with E-state index < -0.39 is 11.8 Å². The van der Waals surface area contributed by atoms with Crippen molar-refractivity contribution >= 4 is 17.3 Å². The first-order chi connectivity index (χ1) is 9.36. The summed E-state index contributed by atoms with van der Waals surface area (Å²) in [6, 6.07) is 2.73. The number of nitrogens with one attached hydrogen (secondary N) is 1. The average molecular weight is 282 g/mol. The number of halogens is 1. The molecule has 20 heavy (non-hydrogen) atoms. The number of hydrogen-bond donors (Lipinski definition) is 2. The molecule has 1 aromatic carbocycles. The Morgan fingerprint density at radius 3 is 2.80 bits per heavy atom. The molecule has 1 heterocycles. The Kier molecular flexibility index (Phi) is 3.85. The smallest absolute Gasteiger partial charge is 0.340 e. The van der Waals surface area contributed by atoms with Crippen molar-refractivity contribution in [3.05, 3.63) is 23.5 Å². The third kappa shape index (κ3) is 2.56. The van der Waals surface area contributed by atoms with Crippen molar-refractivity contribution in [2.24, 2.45) is 5.41 Å². The van der Waals surface area contributed by atoms with Gasteiger partial charge in [0.2, 0.25) is 0 Å². The summed E-state index contributed by atoms with van der Waals surface area (Å²) in [6.45, 7) is 5.10. The van der Waals surface area contributed by atoms with Crippen molar-refractivity contribution in [3.8, 4) is 0 Å². The zero-order valence-corrected chi connectivity index (χ0v) is 11.8. The predicted octanol–water partition coefficient (Wildman–Crippen LogP) is 2.03. The summed E-state index contributed by atoms with van der Waals surface area (Å²) in [5.74, 6) is -1.42. The van der Waals surface area contributed by atoms with Crippen LogP contribution >= 0.6 is 0 Å². The number of esters is 1. The first kappa shape index (κ1) is 14.6. The Morgan fingerprint density at radius 2 is 2.25 bits per heavy atom. The van der Waals surface area contributed by atoms with Crippen molar-refractivity contribution in [2.45, 2.75) is 19.9 Å². The van der Waals surface area contributed by atoms with Gasteiger partial charge >= 0.3 is 5.97 Å². The molecular weight excluding hydrogens is 263 g/mol. The van der Waals surface area contributed by atoms with Crippen LogP contribution in [-0.2, 0) is 9.47 Å². The van der Waals surface area contributed by atoms with Crippen LogP contribution in [0, 0.1) is 11.2 Å². The Morgan fingerprint density at radius 1 is 1.55 bits per heavy atom. The molecule has 0 saturated carbocycles. The molecule has 1 fully saturated rings. The van der Waals surface area contributed by atoms with Crippen LogP contribution in [0.4, 0.5) is 15.8 Å². The molecular formula is C14H19FN2O3. The lowest BCUT2D eigenvalue weighted by molar-refractivity contribution is 0.0595. The van der Waals surface area contributed by atoms with E-state index in [9.17, 15) is 9.18 Å². The molecule has 1 aliphatic heterocycles. The molecule has 6 heteroatoms. The molecule has 1 aromatic rings. The number of hydrogen-bond acceptors (Lipinski definition) is 5. The molecule has 1 aliphatic rings. The Bertz CT molecular complexity index is 531. The summed E-state index contributed by atoms with van der Waals surface area (Å²) in [4.78, 5) is 11.5. The summed E-state index contributed by atoms with van der Waals surface area (Å²) < 4.78 is 24.3. The largest absolute Gasteiger partial charge is 0.465 e. The third-order valence-corrected chi connectivity index (χ3v) is 3.60. The highest BCUT2D eigenvalue weighted by Crippen LogP contribution is 2.33. The van der Waals surface area contributed by atoms with Crippen LogP contribution in [0.1, 0.15) is 24.2 Å². The highest BCUT2D eigenvalue weighted by Gasteiger charge is 2.36. The fraction of sp³-hybridized carbons (Fsp3) is 0.500. The van der Waals surface area contributed by atoms with E-state index in [4.69, 9.17) is 10.5 Å². The molecule has 5 nitrogen and oxygen atoms in total. The minimum absolute atomic E-state index is 0.0767. The van der Waals surface area contributed by atoms with E-state index in [2.05, 4.69) is 10.1 Å². The Labute approximate surface area is 117 Å². The SMILES string of the molecule is COC(=O)c1ccc(N)c(NC2COCC2(C)C)c1F. The summed E-state index contributed by atoms with van der Waals surface area (Å²) in [5.41, 5.74) is 5.90. The lowest BCUT2D eigenvalue weighted by Gasteiger charge is -2.27. The molecule has 1 unspecified atom stereocenters. The maximum Gasteiger partial charge on any atom is 0.340 e. The number of nitrogens with two attached hydrogens (primary N) is 1. The molecule has 0 radical (unpaired) electrons. The molecule has 0 aliphatic carbocycles. The second kappa shape index (κ2) is 5.28. The van der Waals surface area contributed by atoms with Gasteiger partial charge in [-0.3, -0.25) is 0 Å². The van der Waals surface area contributed by atoms with Gasteiger partial charge in [-0.2, -0.15) is 0 Å². The van der Waals surface area contributed by atoms with Crippen LogP contribution in [0.2, 0.25) is 0 Å². The van der Waals surface area contributed by atoms with Gasteiger partial charge in [0.1, 0.15) is 0 Å². The maximum atomic E-state index is 14.4. The normalized spacial score (nSPS) is 20.7. The van der Waals surface area contributed by atoms with Gasteiger partial charge in [-0.05, 0) is 12.1 Å². The van der Waals surface area contributed by atoms with Crippen molar-refractivity contribution in [1.82, 2.24) is 0 Å². The van der Waals surface area contributed by atoms with Crippen LogP contribution in [-0.4, -0.2) is 32.3 Å². The predicted molar refractivity (Wildman–Crippen MR) is 74.2 cm³/mol. The number of ether oxygens (including phenoxy) is 2. The molecule has 0 spiro atoms. The Hall–Kier alpha value is -1.82. The number of rotatable bonds is 3. The first-order valence-corrected chi connectivity index (χ1v) is 6.37. The van der Waals surface area contributed by atoms with Gasteiger partial charge in [0.05, 0.1) is 43.3 Å². The number of benzene rings is 1. The third-order valence-electron chi connectivity index (χ3n) is 3.60. The van der Waals surface area contributed by atoms with Gasteiger partial charge in [-0.15, -0.1) is 0 Å². The number of nitrogen functional groups attached to an aromatic ring is 1. The van der Waals surface area contributed by atoms with Crippen molar-refractivity contribution < 1.29 is 18.7 Å². The van der Waals surface area contributed by atoms with Crippen molar-refractivity contribution in [1.29, 1.82) is 0 Å².